The minimum Gasteiger partial charge on any atom is -0.496 e. The topological polar surface area (TPSA) is 55.4 Å². The number of methoxy groups -OCH3 is 1. The average Bonchev–Trinajstić information content (AvgIpc) is 2.62. The summed E-state index contributed by atoms with van der Waals surface area (Å²) >= 11 is 0. The maximum absolute atomic E-state index is 12.0. The van der Waals surface area contributed by atoms with Gasteiger partial charge in [0, 0.05) is 24.9 Å². The third kappa shape index (κ3) is 5.54. The second-order valence-corrected chi connectivity index (χ2v) is 5.55. The fourth-order valence-electron chi connectivity index (χ4n) is 2.51. The molecule has 0 bridgehead atoms. The van der Waals surface area contributed by atoms with Gasteiger partial charge in [-0.1, -0.05) is 48.5 Å². The van der Waals surface area contributed by atoms with E-state index in [0.717, 1.165) is 17.7 Å². The second-order valence-electron chi connectivity index (χ2n) is 5.55. The first kappa shape index (κ1) is 17.7. The molecule has 0 aliphatic heterocycles. The smallest absolute Gasteiger partial charge is 0.220 e. The van der Waals surface area contributed by atoms with Crippen molar-refractivity contribution in [3.05, 3.63) is 65.7 Å². The van der Waals surface area contributed by atoms with Crippen LogP contribution in [0.2, 0.25) is 0 Å². The summed E-state index contributed by atoms with van der Waals surface area (Å²) in [6.45, 7) is 0.561. The summed E-state index contributed by atoms with van der Waals surface area (Å²) in [5.41, 5.74) is 1.77. The van der Waals surface area contributed by atoms with Crippen LogP contribution in [0.25, 0.3) is 0 Å². The number of ether oxygens (including phenoxy) is 1. The molecule has 0 heterocycles. The lowest BCUT2D eigenvalue weighted by Gasteiger charge is -2.09. The van der Waals surface area contributed by atoms with Crippen molar-refractivity contribution in [3.63, 3.8) is 0 Å². The Kier molecular flexibility index (Phi) is 7.02. The van der Waals surface area contributed by atoms with Gasteiger partial charge in [0.1, 0.15) is 5.75 Å². The molecule has 0 saturated heterocycles. The Morgan fingerprint density at radius 1 is 0.958 bits per heavy atom. The Hall–Kier alpha value is -2.62. The van der Waals surface area contributed by atoms with Gasteiger partial charge in [-0.2, -0.15) is 0 Å². The van der Waals surface area contributed by atoms with Crippen LogP contribution in [0.1, 0.15) is 35.2 Å². The zero-order valence-electron chi connectivity index (χ0n) is 14.0. The Labute approximate surface area is 142 Å². The van der Waals surface area contributed by atoms with Gasteiger partial charge in [-0.05, 0) is 24.5 Å². The number of benzene rings is 2. The molecule has 0 aromatic heterocycles. The van der Waals surface area contributed by atoms with E-state index in [0.29, 0.717) is 31.4 Å². The molecule has 24 heavy (non-hydrogen) atoms. The number of Topliss-reactive ketones (excluding diaryl/α,β-unsaturated/α-hetero) is 1. The van der Waals surface area contributed by atoms with E-state index in [1.165, 1.54) is 0 Å². The van der Waals surface area contributed by atoms with Gasteiger partial charge >= 0.3 is 0 Å². The van der Waals surface area contributed by atoms with Crippen molar-refractivity contribution >= 4 is 11.7 Å². The van der Waals surface area contributed by atoms with Crippen LogP contribution in [0.3, 0.4) is 0 Å². The van der Waals surface area contributed by atoms with Crippen LogP contribution in [0.15, 0.2) is 54.6 Å². The molecule has 1 N–H and O–H groups in total. The van der Waals surface area contributed by atoms with Crippen molar-refractivity contribution < 1.29 is 14.3 Å². The van der Waals surface area contributed by atoms with Gasteiger partial charge in [0.05, 0.1) is 7.11 Å². The van der Waals surface area contributed by atoms with E-state index < -0.39 is 0 Å². The zero-order chi connectivity index (χ0) is 17.2. The molecule has 2 aromatic rings. The molecule has 126 valence electrons. The van der Waals surface area contributed by atoms with Crippen LogP contribution in [-0.4, -0.2) is 25.3 Å². The number of para-hydroxylation sites is 1. The molecule has 1 amide bonds. The van der Waals surface area contributed by atoms with E-state index >= 15 is 0 Å². The number of nitrogens with one attached hydrogen (secondary N) is 1. The third-order valence-corrected chi connectivity index (χ3v) is 3.81. The standard InChI is InChI=1S/C20H23NO3/c1-24-19-12-6-5-10-17(19)14-15-21-20(23)13-7-11-18(22)16-8-3-2-4-9-16/h2-6,8-10,12H,7,11,13-15H2,1H3,(H,21,23). The van der Waals surface area contributed by atoms with Crippen LogP contribution in [0.4, 0.5) is 0 Å². The minimum atomic E-state index is -0.0224. The molecule has 4 heteroatoms. The van der Waals surface area contributed by atoms with Crippen molar-refractivity contribution in [3.8, 4) is 5.75 Å². The first-order valence-electron chi connectivity index (χ1n) is 8.17. The maximum Gasteiger partial charge on any atom is 0.220 e. The molecule has 0 radical (unpaired) electrons. The van der Waals surface area contributed by atoms with Crippen LogP contribution >= 0.6 is 0 Å². The number of hydrogen-bond acceptors (Lipinski definition) is 3. The lowest BCUT2D eigenvalue weighted by atomic mass is 10.1. The zero-order valence-corrected chi connectivity index (χ0v) is 14.0. The predicted molar refractivity (Wildman–Crippen MR) is 94.3 cm³/mol. The highest BCUT2D eigenvalue weighted by atomic mass is 16.5. The second kappa shape index (κ2) is 9.50. The van der Waals surface area contributed by atoms with Crippen molar-refractivity contribution in [1.82, 2.24) is 5.32 Å². The Morgan fingerprint density at radius 2 is 1.67 bits per heavy atom. The summed E-state index contributed by atoms with van der Waals surface area (Å²) in [6.07, 6.45) is 2.04. The average molecular weight is 325 g/mol. The number of ketones is 1. The van der Waals surface area contributed by atoms with Gasteiger partial charge in [0.15, 0.2) is 5.78 Å². The molecule has 0 saturated carbocycles. The Morgan fingerprint density at radius 3 is 2.42 bits per heavy atom. The molecular weight excluding hydrogens is 302 g/mol. The monoisotopic (exact) mass is 325 g/mol. The van der Waals surface area contributed by atoms with Crippen molar-refractivity contribution in [2.75, 3.05) is 13.7 Å². The SMILES string of the molecule is COc1ccccc1CCNC(=O)CCCC(=O)c1ccccc1. The molecule has 0 fully saturated rings. The molecule has 0 unspecified atom stereocenters. The fraction of sp³-hybridized carbons (Fsp3) is 0.300. The third-order valence-electron chi connectivity index (χ3n) is 3.81. The highest BCUT2D eigenvalue weighted by molar-refractivity contribution is 5.96. The van der Waals surface area contributed by atoms with E-state index in [1.807, 2.05) is 42.5 Å². The molecule has 0 aliphatic carbocycles. The van der Waals surface area contributed by atoms with Crippen LogP contribution < -0.4 is 10.1 Å². The highest BCUT2D eigenvalue weighted by Crippen LogP contribution is 2.17. The maximum atomic E-state index is 12.0. The number of hydrogen-bond donors (Lipinski definition) is 1. The Balaban J connectivity index is 1.66. The van der Waals surface area contributed by atoms with Crippen LogP contribution in [0, 0.1) is 0 Å². The number of carbonyl (C=O) groups excluding carboxylic acids is 2. The molecule has 2 rings (SSSR count). The van der Waals surface area contributed by atoms with Gasteiger partial charge in [-0.25, -0.2) is 0 Å². The van der Waals surface area contributed by atoms with Gasteiger partial charge in [-0.3, -0.25) is 9.59 Å². The predicted octanol–water partition coefficient (Wildman–Crippen LogP) is 3.41. The normalized spacial score (nSPS) is 10.2. The summed E-state index contributed by atoms with van der Waals surface area (Å²) in [4.78, 5) is 23.8. The summed E-state index contributed by atoms with van der Waals surface area (Å²) in [6, 6.07) is 16.9. The highest BCUT2D eigenvalue weighted by Gasteiger charge is 2.07. The molecule has 0 spiro atoms. The van der Waals surface area contributed by atoms with Gasteiger partial charge in [-0.15, -0.1) is 0 Å². The fourth-order valence-corrected chi connectivity index (χ4v) is 2.51. The van der Waals surface area contributed by atoms with Gasteiger partial charge in [0.2, 0.25) is 5.91 Å². The van der Waals surface area contributed by atoms with Crippen LogP contribution in [0.5, 0.6) is 5.75 Å². The van der Waals surface area contributed by atoms with Gasteiger partial charge < -0.3 is 10.1 Å². The summed E-state index contributed by atoms with van der Waals surface area (Å²) in [5.74, 6) is 0.892. The first-order chi connectivity index (χ1) is 11.7. The van der Waals surface area contributed by atoms with Crippen molar-refractivity contribution in [1.29, 1.82) is 0 Å². The minimum absolute atomic E-state index is 0.0224. The molecule has 4 nitrogen and oxygen atoms in total. The van der Waals surface area contributed by atoms with E-state index in [1.54, 1.807) is 19.2 Å². The molecule has 0 aliphatic rings. The lowest BCUT2D eigenvalue weighted by Crippen LogP contribution is -2.25. The van der Waals surface area contributed by atoms with E-state index in [-0.39, 0.29) is 11.7 Å². The quantitative estimate of drug-likeness (QED) is 0.719. The molecule has 0 atom stereocenters. The number of amides is 1. The van der Waals surface area contributed by atoms with E-state index in [4.69, 9.17) is 4.74 Å². The number of carbonyl (C=O) groups is 2. The van der Waals surface area contributed by atoms with E-state index in [2.05, 4.69) is 5.32 Å². The van der Waals surface area contributed by atoms with Crippen molar-refractivity contribution in [2.45, 2.75) is 25.7 Å². The largest absolute Gasteiger partial charge is 0.496 e. The molecule has 2 aromatic carbocycles. The molecular formula is C20H23NO3. The lowest BCUT2D eigenvalue weighted by molar-refractivity contribution is -0.121. The summed E-state index contributed by atoms with van der Waals surface area (Å²) < 4.78 is 5.29. The van der Waals surface area contributed by atoms with Crippen LogP contribution in [-0.2, 0) is 11.2 Å². The van der Waals surface area contributed by atoms with Crippen molar-refractivity contribution in [2.24, 2.45) is 0 Å². The van der Waals surface area contributed by atoms with Gasteiger partial charge in [0.25, 0.3) is 0 Å². The Bertz CT molecular complexity index is 668. The number of rotatable bonds is 9. The van der Waals surface area contributed by atoms with E-state index in [9.17, 15) is 9.59 Å². The first-order valence-corrected chi connectivity index (χ1v) is 8.17. The summed E-state index contributed by atoms with van der Waals surface area (Å²) in [5, 5.41) is 2.89. The summed E-state index contributed by atoms with van der Waals surface area (Å²) in [7, 11) is 1.64.